The van der Waals surface area contributed by atoms with Gasteiger partial charge >= 0.3 is 0 Å². The molecule has 8 nitrogen and oxygen atoms in total. The second-order valence-electron chi connectivity index (χ2n) is 9.33. The van der Waals surface area contributed by atoms with Gasteiger partial charge < -0.3 is 14.7 Å². The van der Waals surface area contributed by atoms with Gasteiger partial charge in [0.1, 0.15) is 22.6 Å². The molecule has 0 fully saturated rings. The Bertz CT molecular complexity index is 1370. The lowest BCUT2D eigenvalue weighted by Crippen LogP contribution is -2.50. The van der Waals surface area contributed by atoms with E-state index in [0.717, 1.165) is 11.1 Å². The molecule has 0 saturated carbocycles. The first-order chi connectivity index (χ1) is 17.6. The fraction of sp³-hybridized carbons (Fsp3) is 0.333. The number of aliphatic hydroxyl groups is 1. The number of sulfonamides is 1. The fourth-order valence-corrected chi connectivity index (χ4v) is 6.19. The van der Waals surface area contributed by atoms with Crippen LogP contribution in [-0.4, -0.2) is 72.5 Å². The van der Waals surface area contributed by atoms with Crippen LogP contribution < -0.4 is 4.74 Å². The van der Waals surface area contributed by atoms with Crippen LogP contribution in [0.4, 0.5) is 4.39 Å². The molecule has 2 heterocycles. The first kappa shape index (κ1) is 26.7. The predicted octanol–water partition coefficient (Wildman–Crippen LogP) is 3.43. The molecule has 3 aromatic rings. The van der Waals surface area contributed by atoms with Gasteiger partial charge in [0.05, 0.1) is 13.2 Å². The van der Waals surface area contributed by atoms with E-state index in [9.17, 15) is 22.7 Å². The highest BCUT2D eigenvalue weighted by Crippen LogP contribution is 2.36. The fourth-order valence-electron chi connectivity index (χ4n) is 4.36. The summed E-state index contributed by atoms with van der Waals surface area (Å²) >= 11 is 0. The van der Waals surface area contributed by atoms with Crippen molar-refractivity contribution in [2.45, 2.75) is 30.9 Å². The number of likely N-dealkylation sites (N-methyl/N-ethyl adjacent to an activating group) is 1. The molecule has 1 aromatic heterocycles. The maximum atomic E-state index is 13.7. The minimum absolute atomic E-state index is 0.0124. The number of halogens is 1. The molecule has 1 aliphatic rings. The van der Waals surface area contributed by atoms with Crippen LogP contribution >= 0.6 is 0 Å². The van der Waals surface area contributed by atoms with E-state index in [4.69, 9.17) is 4.74 Å². The number of benzene rings is 2. The molecular weight excluding hydrogens is 497 g/mol. The molecule has 0 spiro atoms. The van der Waals surface area contributed by atoms with Gasteiger partial charge in [-0.3, -0.25) is 9.78 Å². The Morgan fingerprint density at radius 3 is 2.59 bits per heavy atom. The molecule has 1 amide bonds. The Morgan fingerprint density at radius 2 is 1.92 bits per heavy atom. The van der Waals surface area contributed by atoms with E-state index in [2.05, 4.69) is 4.98 Å². The first-order valence-electron chi connectivity index (χ1n) is 12.0. The molecule has 1 aliphatic heterocycles. The molecule has 0 radical (unpaired) electrons. The molecule has 0 bridgehead atoms. The van der Waals surface area contributed by atoms with Gasteiger partial charge in [-0.25, -0.2) is 12.8 Å². The van der Waals surface area contributed by atoms with Gasteiger partial charge in [-0.05, 0) is 60.5 Å². The lowest BCUT2D eigenvalue weighted by molar-refractivity contribution is 0.0563. The summed E-state index contributed by atoms with van der Waals surface area (Å²) in [6.07, 6.45) is 2.70. The van der Waals surface area contributed by atoms with Crippen LogP contribution in [0.5, 0.6) is 5.75 Å². The van der Waals surface area contributed by atoms with Crippen LogP contribution in [0.25, 0.3) is 11.1 Å². The third-order valence-corrected chi connectivity index (χ3v) is 8.57. The quantitative estimate of drug-likeness (QED) is 0.527. The minimum atomic E-state index is -3.99. The van der Waals surface area contributed by atoms with Crippen molar-refractivity contribution in [3.05, 3.63) is 78.4 Å². The van der Waals surface area contributed by atoms with Crippen LogP contribution in [0.15, 0.2) is 71.9 Å². The summed E-state index contributed by atoms with van der Waals surface area (Å²) in [4.78, 5) is 18.5. The Hall–Kier alpha value is -3.34. The SMILES string of the molecule is C[C@@H]1CN([C@@H](C)CO)S(=O)(=O)c2ccc(-c3ccncc3)cc2O[C@@H]1CN(C)C(=O)c1cccc(F)c1. The third-order valence-electron chi connectivity index (χ3n) is 6.55. The average molecular weight is 528 g/mol. The van der Waals surface area contributed by atoms with Crippen LogP contribution in [0.3, 0.4) is 0 Å². The molecule has 3 atom stereocenters. The number of hydrogen-bond acceptors (Lipinski definition) is 6. The summed E-state index contributed by atoms with van der Waals surface area (Å²) < 4.78 is 48.6. The van der Waals surface area contributed by atoms with Crippen molar-refractivity contribution in [1.82, 2.24) is 14.2 Å². The number of nitrogens with zero attached hydrogens (tertiary/aromatic N) is 3. The standard InChI is InChI=1S/C27H30FN3O5S/c1-18-15-31(19(2)17-32)37(34,35)26-8-7-21(20-9-11-29-12-10-20)14-24(26)36-25(18)16-30(3)27(33)22-5-4-6-23(28)13-22/h4-14,18-19,25,32H,15-17H2,1-3H3/t18-,19+,25-/m1/s1. The molecule has 196 valence electrons. The zero-order chi connectivity index (χ0) is 26.7. The van der Waals surface area contributed by atoms with E-state index in [0.29, 0.717) is 0 Å². The maximum Gasteiger partial charge on any atom is 0.253 e. The second kappa shape index (κ2) is 11.0. The van der Waals surface area contributed by atoms with Gasteiger partial charge in [-0.1, -0.05) is 19.1 Å². The van der Waals surface area contributed by atoms with E-state index < -0.39 is 28.0 Å². The molecule has 0 saturated heterocycles. The van der Waals surface area contributed by atoms with E-state index in [-0.39, 0.29) is 47.7 Å². The molecule has 0 aliphatic carbocycles. The van der Waals surface area contributed by atoms with Gasteiger partial charge in [0, 0.05) is 43.5 Å². The number of hydrogen-bond donors (Lipinski definition) is 1. The number of carbonyl (C=O) groups excluding carboxylic acids is 1. The molecule has 2 aromatic carbocycles. The van der Waals surface area contributed by atoms with E-state index in [1.54, 1.807) is 38.5 Å². The number of ether oxygens (including phenoxy) is 1. The second-order valence-corrected chi connectivity index (χ2v) is 11.2. The van der Waals surface area contributed by atoms with Crippen LogP contribution in [0.1, 0.15) is 24.2 Å². The number of fused-ring (bicyclic) bond motifs is 1. The number of pyridine rings is 1. The zero-order valence-electron chi connectivity index (χ0n) is 20.9. The van der Waals surface area contributed by atoms with Crippen LogP contribution in [0.2, 0.25) is 0 Å². The lowest BCUT2D eigenvalue weighted by Gasteiger charge is -2.37. The monoisotopic (exact) mass is 527 g/mol. The molecule has 10 heteroatoms. The Morgan fingerprint density at radius 1 is 1.19 bits per heavy atom. The molecule has 37 heavy (non-hydrogen) atoms. The summed E-state index contributed by atoms with van der Waals surface area (Å²) in [5, 5.41) is 9.81. The van der Waals surface area contributed by atoms with E-state index in [1.165, 1.54) is 39.5 Å². The zero-order valence-corrected chi connectivity index (χ0v) is 21.7. The average Bonchev–Trinajstić information content (AvgIpc) is 2.90. The normalized spacial score (nSPS) is 20.1. The van der Waals surface area contributed by atoms with Crippen molar-refractivity contribution in [1.29, 1.82) is 0 Å². The van der Waals surface area contributed by atoms with Crippen molar-refractivity contribution in [2.24, 2.45) is 5.92 Å². The molecular formula is C27H30FN3O5S. The van der Waals surface area contributed by atoms with Gasteiger partial charge in [-0.2, -0.15) is 4.31 Å². The smallest absolute Gasteiger partial charge is 0.253 e. The number of rotatable bonds is 6. The summed E-state index contributed by atoms with van der Waals surface area (Å²) in [5.41, 5.74) is 1.79. The number of carbonyl (C=O) groups is 1. The molecule has 1 N–H and O–H groups in total. The molecule has 0 unspecified atom stereocenters. The first-order valence-corrected chi connectivity index (χ1v) is 13.4. The van der Waals surface area contributed by atoms with Crippen LogP contribution in [0, 0.1) is 11.7 Å². The number of aromatic nitrogens is 1. The highest BCUT2D eigenvalue weighted by Gasteiger charge is 2.38. The van der Waals surface area contributed by atoms with Crippen molar-refractivity contribution in [2.75, 3.05) is 26.7 Å². The summed E-state index contributed by atoms with van der Waals surface area (Å²) in [7, 11) is -2.39. The van der Waals surface area contributed by atoms with E-state index in [1.807, 2.05) is 19.1 Å². The van der Waals surface area contributed by atoms with Gasteiger partial charge in [-0.15, -0.1) is 0 Å². The third kappa shape index (κ3) is 5.66. The van der Waals surface area contributed by atoms with Crippen molar-refractivity contribution >= 4 is 15.9 Å². The Labute approximate surface area is 216 Å². The number of aliphatic hydroxyl groups excluding tert-OH is 1. The lowest BCUT2D eigenvalue weighted by atomic mass is 10.0. The Kier molecular flexibility index (Phi) is 7.91. The summed E-state index contributed by atoms with van der Waals surface area (Å²) in [6, 6.07) is 13.3. The maximum absolute atomic E-state index is 13.7. The van der Waals surface area contributed by atoms with Gasteiger partial charge in [0.2, 0.25) is 10.0 Å². The highest BCUT2D eigenvalue weighted by atomic mass is 32.2. The highest BCUT2D eigenvalue weighted by molar-refractivity contribution is 7.89. The number of amides is 1. The van der Waals surface area contributed by atoms with E-state index >= 15 is 0 Å². The minimum Gasteiger partial charge on any atom is -0.487 e. The van der Waals surface area contributed by atoms with Crippen molar-refractivity contribution < 1.29 is 27.4 Å². The largest absolute Gasteiger partial charge is 0.487 e. The Balaban J connectivity index is 1.74. The van der Waals surface area contributed by atoms with Crippen LogP contribution in [-0.2, 0) is 10.0 Å². The predicted molar refractivity (Wildman–Crippen MR) is 137 cm³/mol. The molecule has 4 rings (SSSR count). The topological polar surface area (TPSA) is 100 Å². The summed E-state index contributed by atoms with van der Waals surface area (Å²) in [6.45, 7) is 3.36. The van der Waals surface area contributed by atoms with Gasteiger partial charge in [0.15, 0.2) is 0 Å². The summed E-state index contributed by atoms with van der Waals surface area (Å²) in [5.74, 6) is -1.07. The van der Waals surface area contributed by atoms with Gasteiger partial charge in [0.25, 0.3) is 5.91 Å². The van der Waals surface area contributed by atoms with Crippen molar-refractivity contribution in [3.8, 4) is 16.9 Å². The van der Waals surface area contributed by atoms with Crippen molar-refractivity contribution in [3.63, 3.8) is 0 Å².